The third-order valence-electron chi connectivity index (χ3n) is 2.99. The zero-order valence-electron chi connectivity index (χ0n) is 16.9. The second kappa shape index (κ2) is 23.0. The summed E-state index contributed by atoms with van der Waals surface area (Å²) in [6.07, 6.45) is 8.41. The topological polar surface area (TPSA) is 36.9 Å². The minimum atomic E-state index is -2.34. The van der Waals surface area contributed by atoms with Gasteiger partial charge in [0, 0.05) is 0 Å². The quantitative estimate of drug-likeness (QED) is 0.0909. The van der Waals surface area contributed by atoms with Gasteiger partial charge in [-0.3, -0.25) is 0 Å². The summed E-state index contributed by atoms with van der Waals surface area (Å²) in [6, 6.07) is 0. The second-order valence-electron chi connectivity index (χ2n) is 5.64. The van der Waals surface area contributed by atoms with E-state index in [1.54, 1.807) is 0 Å². The van der Waals surface area contributed by atoms with Gasteiger partial charge < -0.3 is 42.6 Å². The van der Waals surface area contributed by atoms with Crippen molar-refractivity contribution in [3.8, 4) is 0 Å². The number of rotatable bonds is 16. The first-order valence-corrected chi connectivity index (χ1v) is 16.7. The minimum absolute atomic E-state index is 0. The third kappa shape index (κ3) is 28.4. The number of hydrogen-bond donors (Lipinski definition) is 0. The maximum atomic E-state index is 5.33. The van der Waals surface area contributed by atoms with E-state index in [0.717, 1.165) is 51.4 Å². The van der Waals surface area contributed by atoms with Gasteiger partial charge in [-0.05, 0) is 25.7 Å². The fourth-order valence-corrected chi connectivity index (χ4v) is 4.71. The monoisotopic (exact) mass is 545 g/mol. The van der Waals surface area contributed by atoms with Crippen LogP contribution in [0.2, 0.25) is 0 Å². The van der Waals surface area contributed by atoms with Gasteiger partial charge in [-0.25, -0.2) is 0 Å². The molecule has 0 saturated heterocycles. The van der Waals surface area contributed by atoms with Crippen LogP contribution in [0, 0.1) is 0 Å². The van der Waals surface area contributed by atoms with Crippen molar-refractivity contribution in [2.24, 2.45) is 0 Å². The SMILES string of the molecule is CCCCOP(=S)([S-])OCCCC.CCCCOP(=S)([S-])OCCCC.[Cu+2]. The number of unbranched alkanes of at least 4 members (excludes halogenated alkanes) is 4. The van der Waals surface area contributed by atoms with E-state index in [2.05, 4.69) is 27.7 Å². The van der Waals surface area contributed by atoms with Crippen LogP contribution in [0.4, 0.5) is 0 Å². The first-order valence-electron chi connectivity index (χ1n) is 9.44. The molecule has 0 aliphatic heterocycles. The molecule has 0 bridgehead atoms. The third-order valence-corrected chi connectivity index (χ3v) is 7.51. The molecule has 0 aromatic heterocycles. The fourth-order valence-electron chi connectivity index (χ4n) is 1.36. The van der Waals surface area contributed by atoms with Crippen LogP contribution in [-0.4, -0.2) is 26.4 Å². The van der Waals surface area contributed by atoms with E-state index in [4.69, 9.17) is 66.2 Å². The van der Waals surface area contributed by atoms with Crippen molar-refractivity contribution in [3.63, 3.8) is 0 Å². The van der Waals surface area contributed by atoms with Gasteiger partial charge in [-0.2, -0.15) is 0 Å². The molecule has 4 nitrogen and oxygen atoms in total. The Bertz CT molecular complexity index is 343. The van der Waals surface area contributed by atoms with Gasteiger partial charge in [0.2, 0.25) is 0 Å². The molecule has 0 unspecified atom stereocenters. The van der Waals surface area contributed by atoms with Crippen molar-refractivity contribution in [1.29, 1.82) is 0 Å². The Hall–Kier alpha value is 2.36. The molecular weight excluding hydrogens is 510 g/mol. The summed E-state index contributed by atoms with van der Waals surface area (Å²) in [6.45, 7) is 11.0. The first-order chi connectivity index (χ1) is 12.2. The van der Waals surface area contributed by atoms with Gasteiger partial charge in [0.25, 0.3) is 0 Å². The van der Waals surface area contributed by atoms with Crippen molar-refractivity contribution in [2.45, 2.75) is 79.1 Å². The van der Waals surface area contributed by atoms with Crippen LogP contribution < -0.4 is 0 Å². The summed E-state index contributed by atoms with van der Waals surface area (Å²) in [5.41, 5.74) is -4.67. The van der Waals surface area contributed by atoms with Gasteiger partial charge >= 0.3 is 17.1 Å². The first kappa shape index (κ1) is 34.0. The van der Waals surface area contributed by atoms with Gasteiger partial charge in [-0.1, -0.05) is 77.0 Å². The molecule has 0 atom stereocenters. The summed E-state index contributed by atoms with van der Waals surface area (Å²) in [7, 11) is 0. The Kier molecular flexibility index (Phi) is 29.0. The normalized spacial score (nSPS) is 11.5. The Morgan fingerprint density at radius 3 is 0.889 bits per heavy atom. The molecule has 0 saturated carbocycles. The van der Waals surface area contributed by atoms with E-state index in [1.807, 2.05) is 0 Å². The molecule has 0 aliphatic carbocycles. The maximum absolute atomic E-state index is 5.33. The van der Waals surface area contributed by atoms with Crippen LogP contribution in [0.25, 0.3) is 0 Å². The van der Waals surface area contributed by atoms with E-state index in [0.29, 0.717) is 26.4 Å². The molecule has 0 aliphatic rings. The van der Waals surface area contributed by atoms with Gasteiger partial charge in [0.1, 0.15) is 0 Å². The molecule has 1 radical (unpaired) electrons. The van der Waals surface area contributed by atoms with Crippen LogP contribution >= 0.6 is 11.4 Å². The average Bonchev–Trinajstić information content (AvgIpc) is 2.56. The molecule has 0 N–H and O–H groups in total. The molecule has 0 amide bonds. The van der Waals surface area contributed by atoms with Crippen molar-refractivity contribution in [1.82, 2.24) is 0 Å². The Balaban J connectivity index is -0.000000411. The Labute approximate surface area is 199 Å². The average molecular weight is 546 g/mol. The summed E-state index contributed by atoms with van der Waals surface area (Å²) < 4.78 is 21.3. The van der Waals surface area contributed by atoms with Crippen molar-refractivity contribution in [2.75, 3.05) is 26.4 Å². The van der Waals surface area contributed by atoms with Crippen molar-refractivity contribution >= 4 is 59.5 Å². The van der Waals surface area contributed by atoms with Gasteiger partial charge in [0.05, 0.1) is 37.8 Å². The van der Waals surface area contributed by atoms with Crippen LogP contribution in [-0.2, 0) is 83.3 Å². The predicted octanol–water partition coefficient (Wildman–Crippen LogP) is 6.78. The zero-order valence-corrected chi connectivity index (χ0v) is 22.9. The molecule has 27 heavy (non-hydrogen) atoms. The van der Waals surface area contributed by atoms with Crippen LogP contribution in [0.5, 0.6) is 0 Å². The molecule has 169 valence electrons. The molecular formula is C16H36CuO4P2S4. The molecule has 0 aromatic rings. The summed E-state index contributed by atoms with van der Waals surface area (Å²) >= 11 is 20.2. The smallest absolute Gasteiger partial charge is 0.691 e. The summed E-state index contributed by atoms with van der Waals surface area (Å²) in [5.74, 6) is 0. The maximum Gasteiger partial charge on any atom is 2.00 e. The fraction of sp³-hybridized carbons (Fsp3) is 1.00. The van der Waals surface area contributed by atoms with E-state index in [9.17, 15) is 0 Å². The predicted molar refractivity (Wildman–Crippen MR) is 127 cm³/mol. The standard InChI is InChI=1S/2C8H19O2PS2.Cu/c2*1-3-5-7-9-11(12,13)10-8-6-4-2;/h2*3-8H2,1-2H3,(H,12,13);/q;;+2/p-2. The van der Waals surface area contributed by atoms with Gasteiger partial charge in [-0.15, -0.1) is 0 Å². The minimum Gasteiger partial charge on any atom is -0.691 e. The molecule has 11 heteroatoms. The summed E-state index contributed by atoms with van der Waals surface area (Å²) in [5, 5.41) is 0. The molecule has 0 spiro atoms. The Morgan fingerprint density at radius 1 is 0.556 bits per heavy atom. The molecule has 0 aromatic carbocycles. The van der Waals surface area contributed by atoms with E-state index >= 15 is 0 Å². The van der Waals surface area contributed by atoms with Crippen LogP contribution in [0.15, 0.2) is 0 Å². The van der Waals surface area contributed by atoms with E-state index < -0.39 is 11.4 Å². The van der Waals surface area contributed by atoms with E-state index in [1.165, 1.54) is 0 Å². The number of hydrogen-bond acceptors (Lipinski definition) is 8. The summed E-state index contributed by atoms with van der Waals surface area (Å²) in [4.78, 5) is 0. The van der Waals surface area contributed by atoms with Crippen LogP contribution in [0.1, 0.15) is 79.1 Å². The molecule has 0 rings (SSSR count). The zero-order chi connectivity index (χ0) is 20.3. The molecule has 0 fully saturated rings. The largest absolute Gasteiger partial charge is 2.00 e. The van der Waals surface area contributed by atoms with Crippen molar-refractivity contribution < 1.29 is 35.2 Å². The molecule has 0 heterocycles. The van der Waals surface area contributed by atoms with Crippen LogP contribution in [0.3, 0.4) is 0 Å². The van der Waals surface area contributed by atoms with Gasteiger partial charge in [0.15, 0.2) is 0 Å². The Morgan fingerprint density at radius 2 is 0.741 bits per heavy atom. The van der Waals surface area contributed by atoms with Crippen molar-refractivity contribution in [3.05, 3.63) is 0 Å². The van der Waals surface area contributed by atoms with E-state index in [-0.39, 0.29) is 17.1 Å². The second-order valence-corrected chi connectivity index (χ2v) is 15.6.